The van der Waals surface area contributed by atoms with Crippen LogP contribution in [0.2, 0.25) is 0 Å². The molecule has 0 saturated carbocycles. The molecule has 2 aromatic carbocycles. The van der Waals surface area contributed by atoms with Gasteiger partial charge in [0.05, 0.1) is 22.3 Å². The van der Waals surface area contributed by atoms with E-state index < -0.39 is 0 Å². The van der Waals surface area contributed by atoms with Crippen molar-refractivity contribution in [1.82, 2.24) is 10.3 Å². The van der Waals surface area contributed by atoms with Crippen molar-refractivity contribution in [2.24, 2.45) is 0 Å². The molecule has 3 rings (SSSR count). The summed E-state index contributed by atoms with van der Waals surface area (Å²) in [6.07, 6.45) is 0. The quantitative estimate of drug-likeness (QED) is 0.730. The highest BCUT2D eigenvalue weighted by atomic mass is 32.1. The standard InChI is InChI=1S/C16H15N3OS/c1-10-6-7-12(17)11(8-10)16(20)18-9-15-19-13-4-2-3-5-14(13)21-15/h2-8H,9,17H2,1H3,(H,18,20). The molecule has 1 heterocycles. The molecule has 0 saturated heterocycles. The predicted octanol–water partition coefficient (Wildman–Crippen LogP) is 3.12. The number of fused-ring (bicyclic) bond motifs is 1. The number of aryl methyl sites for hydroxylation is 1. The number of rotatable bonds is 3. The Morgan fingerprint density at radius 2 is 2.10 bits per heavy atom. The van der Waals surface area contributed by atoms with Crippen LogP contribution in [0.25, 0.3) is 10.2 Å². The summed E-state index contributed by atoms with van der Waals surface area (Å²) in [5, 5.41) is 3.76. The number of carbonyl (C=O) groups excluding carboxylic acids is 1. The molecule has 1 amide bonds. The molecule has 0 unspecified atom stereocenters. The number of nitrogens with one attached hydrogen (secondary N) is 1. The highest BCUT2D eigenvalue weighted by Gasteiger charge is 2.11. The number of hydrogen-bond acceptors (Lipinski definition) is 4. The van der Waals surface area contributed by atoms with Gasteiger partial charge in [-0.15, -0.1) is 11.3 Å². The number of amides is 1. The highest BCUT2D eigenvalue weighted by Crippen LogP contribution is 2.21. The van der Waals surface area contributed by atoms with Crippen molar-refractivity contribution in [3.05, 3.63) is 58.6 Å². The normalized spacial score (nSPS) is 10.7. The molecule has 3 aromatic rings. The van der Waals surface area contributed by atoms with E-state index in [0.717, 1.165) is 20.8 Å². The molecule has 3 N–H and O–H groups in total. The summed E-state index contributed by atoms with van der Waals surface area (Å²) in [4.78, 5) is 16.7. The lowest BCUT2D eigenvalue weighted by atomic mass is 10.1. The lowest BCUT2D eigenvalue weighted by Gasteiger charge is -2.07. The molecule has 1 aromatic heterocycles. The van der Waals surface area contributed by atoms with Crippen LogP contribution < -0.4 is 11.1 Å². The Labute approximate surface area is 126 Å². The zero-order valence-electron chi connectivity index (χ0n) is 11.6. The van der Waals surface area contributed by atoms with Gasteiger partial charge in [0.2, 0.25) is 0 Å². The molecular weight excluding hydrogens is 282 g/mol. The summed E-state index contributed by atoms with van der Waals surface area (Å²) in [7, 11) is 0. The Bertz CT molecular complexity index is 777. The zero-order valence-corrected chi connectivity index (χ0v) is 12.4. The van der Waals surface area contributed by atoms with Crippen molar-refractivity contribution in [2.45, 2.75) is 13.5 Å². The van der Waals surface area contributed by atoms with Crippen molar-refractivity contribution >= 4 is 33.1 Å². The van der Waals surface area contributed by atoms with Gasteiger partial charge in [0.25, 0.3) is 5.91 Å². The van der Waals surface area contributed by atoms with Crippen LogP contribution in [-0.4, -0.2) is 10.9 Å². The van der Waals surface area contributed by atoms with Crippen LogP contribution in [0, 0.1) is 6.92 Å². The van der Waals surface area contributed by atoms with E-state index in [2.05, 4.69) is 10.3 Å². The van der Waals surface area contributed by atoms with Crippen molar-refractivity contribution in [2.75, 3.05) is 5.73 Å². The number of nitrogens with two attached hydrogens (primary N) is 1. The van der Waals surface area contributed by atoms with Gasteiger partial charge in [-0.3, -0.25) is 4.79 Å². The summed E-state index contributed by atoms with van der Waals surface area (Å²) in [6, 6.07) is 13.4. The number of hydrogen-bond donors (Lipinski definition) is 2. The van der Waals surface area contributed by atoms with E-state index in [-0.39, 0.29) is 5.91 Å². The molecular formula is C16H15N3OS. The van der Waals surface area contributed by atoms with Gasteiger partial charge in [-0.05, 0) is 31.2 Å². The van der Waals surface area contributed by atoms with Gasteiger partial charge in [0, 0.05) is 5.69 Å². The summed E-state index contributed by atoms with van der Waals surface area (Å²) >= 11 is 1.58. The maximum absolute atomic E-state index is 12.2. The van der Waals surface area contributed by atoms with Crippen LogP contribution in [0.1, 0.15) is 20.9 Å². The SMILES string of the molecule is Cc1ccc(N)c(C(=O)NCc2nc3ccccc3s2)c1. The first kappa shape index (κ1) is 13.6. The van der Waals surface area contributed by atoms with Crippen molar-refractivity contribution in [1.29, 1.82) is 0 Å². The number of carbonyl (C=O) groups is 1. The minimum atomic E-state index is -0.171. The van der Waals surface area contributed by atoms with E-state index >= 15 is 0 Å². The number of nitrogens with zero attached hydrogens (tertiary/aromatic N) is 1. The van der Waals surface area contributed by atoms with E-state index in [1.54, 1.807) is 23.5 Å². The molecule has 0 fully saturated rings. The Morgan fingerprint density at radius 1 is 1.29 bits per heavy atom. The van der Waals surface area contributed by atoms with Gasteiger partial charge in [0.15, 0.2) is 0 Å². The number of aromatic nitrogens is 1. The van der Waals surface area contributed by atoms with Gasteiger partial charge in [-0.2, -0.15) is 0 Å². The minimum Gasteiger partial charge on any atom is -0.398 e. The maximum atomic E-state index is 12.2. The van der Waals surface area contributed by atoms with Gasteiger partial charge >= 0.3 is 0 Å². The summed E-state index contributed by atoms with van der Waals surface area (Å²) < 4.78 is 1.12. The van der Waals surface area contributed by atoms with E-state index in [1.165, 1.54) is 0 Å². The van der Waals surface area contributed by atoms with Gasteiger partial charge < -0.3 is 11.1 Å². The molecule has 5 heteroatoms. The first-order valence-electron chi connectivity index (χ1n) is 6.62. The Kier molecular flexibility index (Phi) is 3.58. The van der Waals surface area contributed by atoms with Gasteiger partial charge in [0.1, 0.15) is 5.01 Å². The van der Waals surface area contributed by atoms with Crippen LogP contribution in [0.5, 0.6) is 0 Å². The highest BCUT2D eigenvalue weighted by molar-refractivity contribution is 7.18. The first-order chi connectivity index (χ1) is 10.1. The average Bonchev–Trinajstić information content (AvgIpc) is 2.90. The van der Waals surface area contributed by atoms with Gasteiger partial charge in [-0.25, -0.2) is 4.98 Å². The van der Waals surface area contributed by atoms with Crippen LogP contribution in [0.3, 0.4) is 0 Å². The second kappa shape index (κ2) is 5.54. The molecule has 0 aliphatic rings. The fourth-order valence-electron chi connectivity index (χ4n) is 2.11. The van der Waals surface area contributed by atoms with Crippen LogP contribution in [0.15, 0.2) is 42.5 Å². The van der Waals surface area contributed by atoms with E-state index in [1.807, 2.05) is 37.3 Å². The third-order valence-corrected chi connectivity index (χ3v) is 4.23. The van der Waals surface area contributed by atoms with E-state index in [9.17, 15) is 4.79 Å². The van der Waals surface area contributed by atoms with E-state index in [4.69, 9.17) is 5.73 Å². The lowest BCUT2D eigenvalue weighted by molar-refractivity contribution is 0.0951. The Balaban J connectivity index is 1.74. The summed E-state index contributed by atoms with van der Waals surface area (Å²) in [5.74, 6) is -0.171. The largest absolute Gasteiger partial charge is 0.398 e. The minimum absolute atomic E-state index is 0.171. The third kappa shape index (κ3) is 2.87. The molecule has 106 valence electrons. The summed E-state index contributed by atoms with van der Waals surface area (Å²) in [6.45, 7) is 2.34. The number of para-hydroxylation sites is 1. The second-order valence-corrected chi connectivity index (χ2v) is 5.96. The number of thiazole rings is 1. The Morgan fingerprint density at radius 3 is 2.90 bits per heavy atom. The smallest absolute Gasteiger partial charge is 0.253 e. The number of nitrogen functional groups attached to an aromatic ring is 1. The van der Waals surface area contributed by atoms with Crippen molar-refractivity contribution < 1.29 is 4.79 Å². The van der Waals surface area contributed by atoms with Crippen LogP contribution in [0.4, 0.5) is 5.69 Å². The third-order valence-electron chi connectivity index (χ3n) is 3.19. The van der Waals surface area contributed by atoms with Crippen LogP contribution in [-0.2, 0) is 6.54 Å². The average molecular weight is 297 g/mol. The summed E-state index contributed by atoms with van der Waals surface area (Å²) in [5.41, 5.74) is 8.81. The molecule has 4 nitrogen and oxygen atoms in total. The maximum Gasteiger partial charge on any atom is 0.253 e. The predicted molar refractivity (Wildman–Crippen MR) is 86.4 cm³/mol. The van der Waals surface area contributed by atoms with Crippen LogP contribution >= 0.6 is 11.3 Å². The lowest BCUT2D eigenvalue weighted by Crippen LogP contribution is -2.23. The second-order valence-electron chi connectivity index (χ2n) is 4.85. The topological polar surface area (TPSA) is 68.0 Å². The fourth-order valence-corrected chi connectivity index (χ4v) is 3.02. The molecule has 0 spiro atoms. The molecule has 0 bridgehead atoms. The zero-order chi connectivity index (χ0) is 14.8. The molecule has 21 heavy (non-hydrogen) atoms. The molecule has 0 aliphatic carbocycles. The fraction of sp³-hybridized carbons (Fsp3) is 0.125. The molecule has 0 radical (unpaired) electrons. The van der Waals surface area contributed by atoms with Gasteiger partial charge in [-0.1, -0.05) is 23.8 Å². The van der Waals surface area contributed by atoms with Crippen molar-refractivity contribution in [3.63, 3.8) is 0 Å². The first-order valence-corrected chi connectivity index (χ1v) is 7.44. The Hall–Kier alpha value is -2.40. The molecule has 0 atom stereocenters. The number of benzene rings is 2. The monoisotopic (exact) mass is 297 g/mol. The molecule has 0 aliphatic heterocycles. The van der Waals surface area contributed by atoms with E-state index in [0.29, 0.717) is 17.8 Å². The van der Waals surface area contributed by atoms with Crippen molar-refractivity contribution in [3.8, 4) is 0 Å². The number of anilines is 1.